The van der Waals surface area contributed by atoms with Crippen molar-refractivity contribution in [2.24, 2.45) is 0 Å². The van der Waals surface area contributed by atoms with Gasteiger partial charge in [0.05, 0.1) is 17.7 Å². The van der Waals surface area contributed by atoms with E-state index in [0.29, 0.717) is 16.3 Å². The Morgan fingerprint density at radius 1 is 1.55 bits per heavy atom. The first-order valence-electron chi connectivity index (χ1n) is 3.01. The van der Waals surface area contributed by atoms with Crippen molar-refractivity contribution in [2.45, 2.75) is 0 Å². The normalized spacial score (nSPS) is 8.82. The first-order valence-corrected chi connectivity index (χ1v) is 3.39. The summed E-state index contributed by atoms with van der Waals surface area (Å²) in [6.07, 6.45) is 0. The van der Waals surface area contributed by atoms with Gasteiger partial charge in [0, 0.05) is 6.07 Å². The van der Waals surface area contributed by atoms with Crippen molar-refractivity contribution in [3.05, 3.63) is 28.8 Å². The van der Waals surface area contributed by atoms with E-state index in [0.717, 1.165) is 0 Å². The van der Waals surface area contributed by atoms with Gasteiger partial charge in [-0.15, -0.1) is 0 Å². The van der Waals surface area contributed by atoms with Gasteiger partial charge in [0.25, 0.3) is 0 Å². The van der Waals surface area contributed by atoms with E-state index >= 15 is 0 Å². The van der Waals surface area contributed by atoms with Crippen LogP contribution in [-0.2, 0) is 0 Å². The van der Waals surface area contributed by atoms with E-state index in [9.17, 15) is 0 Å². The highest BCUT2D eigenvalue weighted by atomic mass is 35.5. The first kappa shape index (κ1) is 7.90. The number of rotatable bonds is 1. The lowest BCUT2D eigenvalue weighted by atomic mass is 10.2. The van der Waals surface area contributed by atoms with E-state index < -0.39 is 0 Å². The minimum absolute atomic E-state index is 0.423. The molecule has 0 amide bonds. The Morgan fingerprint density at radius 2 is 2.27 bits per heavy atom. The van der Waals surface area contributed by atoms with Crippen LogP contribution in [0.5, 0.6) is 5.75 Å². The third kappa shape index (κ3) is 1.63. The van der Waals surface area contributed by atoms with Crippen molar-refractivity contribution in [1.82, 2.24) is 0 Å². The zero-order chi connectivity index (χ0) is 8.27. The van der Waals surface area contributed by atoms with E-state index in [1.165, 1.54) is 0 Å². The number of benzene rings is 1. The van der Waals surface area contributed by atoms with Crippen LogP contribution in [0.2, 0.25) is 5.02 Å². The molecule has 0 aliphatic heterocycles. The molecule has 0 aliphatic rings. The van der Waals surface area contributed by atoms with Gasteiger partial charge in [0.2, 0.25) is 0 Å². The van der Waals surface area contributed by atoms with Gasteiger partial charge in [-0.25, -0.2) is 0 Å². The summed E-state index contributed by atoms with van der Waals surface area (Å²) in [6.45, 7) is 0. The quantitative estimate of drug-likeness (QED) is 0.643. The number of hydrogen-bond acceptors (Lipinski definition) is 2. The molecule has 0 N–H and O–H groups in total. The molecule has 0 atom stereocenters. The predicted octanol–water partition coefficient (Wildman–Crippen LogP) is 2.22. The summed E-state index contributed by atoms with van der Waals surface area (Å²) in [7, 11) is 1.55. The fourth-order valence-electron chi connectivity index (χ4n) is 0.713. The fourth-order valence-corrected chi connectivity index (χ4v) is 0.926. The highest BCUT2D eigenvalue weighted by molar-refractivity contribution is 6.31. The Morgan fingerprint density at radius 3 is 2.73 bits per heavy atom. The number of ether oxygens (including phenoxy) is 1. The molecule has 0 heterocycles. The van der Waals surface area contributed by atoms with E-state index in [1.54, 1.807) is 25.3 Å². The van der Waals surface area contributed by atoms with Crippen LogP contribution in [0.25, 0.3) is 0 Å². The summed E-state index contributed by atoms with van der Waals surface area (Å²) < 4.78 is 4.90. The van der Waals surface area contributed by atoms with Crippen molar-refractivity contribution in [3.63, 3.8) is 0 Å². The number of methoxy groups -OCH3 is 1. The third-order valence-corrected chi connectivity index (χ3v) is 1.61. The molecule has 0 aromatic heterocycles. The van der Waals surface area contributed by atoms with Crippen LogP contribution in [0.3, 0.4) is 0 Å². The molecule has 0 saturated carbocycles. The van der Waals surface area contributed by atoms with Gasteiger partial charge in [0.1, 0.15) is 11.8 Å². The van der Waals surface area contributed by atoms with Crippen LogP contribution in [0.4, 0.5) is 0 Å². The molecular formula is C8H6ClNO. The Labute approximate surface area is 70.0 Å². The molecule has 0 saturated heterocycles. The average molecular weight is 168 g/mol. The van der Waals surface area contributed by atoms with E-state index in [1.807, 2.05) is 6.07 Å². The van der Waals surface area contributed by atoms with Gasteiger partial charge >= 0.3 is 0 Å². The fraction of sp³-hybridized carbons (Fsp3) is 0.125. The molecule has 0 unspecified atom stereocenters. The Balaban J connectivity index is 3.12. The van der Waals surface area contributed by atoms with Crippen molar-refractivity contribution >= 4 is 11.6 Å². The van der Waals surface area contributed by atoms with Gasteiger partial charge < -0.3 is 4.74 Å². The van der Waals surface area contributed by atoms with E-state index in [4.69, 9.17) is 21.6 Å². The molecule has 0 radical (unpaired) electrons. The number of nitrogens with zero attached hydrogens (tertiary/aromatic N) is 1. The molecule has 1 rings (SSSR count). The first-order chi connectivity index (χ1) is 5.27. The van der Waals surface area contributed by atoms with Crippen LogP contribution < -0.4 is 4.74 Å². The van der Waals surface area contributed by atoms with Crippen molar-refractivity contribution in [2.75, 3.05) is 7.11 Å². The van der Waals surface area contributed by atoms with E-state index in [-0.39, 0.29) is 0 Å². The maximum Gasteiger partial charge on any atom is 0.120 e. The predicted molar refractivity (Wildman–Crippen MR) is 42.7 cm³/mol. The molecule has 11 heavy (non-hydrogen) atoms. The minimum atomic E-state index is 0.423. The molecule has 0 bridgehead atoms. The highest BCUT2D eigenvalue weighted by Gasteiger charge is 1.99. The highest BCUT2D eigenvalue weighted by Crippen LogP contribution is 2.21. The lowest BCUT2D eigenvalue weighted by Gasteiger charge is -1.99. The molecular weight excluding hydrogens is 162 g/mol. The van der Waals surface area contributed by atoms with Gasteiger partial charge in [-0.3, -0.25) is 0 Å². The molecule has 1 aromatic carbocycles. The summed E-state index contributed by atoms with van der Waals surface area (Å²) in [6, 6.07) is 6.90. The Hall–Kier alpha value is -1.20. The summed E-state index contributed by atoms with van der Waals surface area (Å²) in [5.41, 5.74) is 0.465. The molecule has 56 valence electrons. The third-order valence-electron chi connectivity index (χ3n) is 1.30. The molecule has 2 nitrogen and oxygen atoms in total. The minimum Gasteiger partial charge on any atom is -0.497 e. The van der Waals surface area contributed by atoms with Gasteiger partial charge in [-0.2, -0.15) is 5.26 Å². The second-order valence-electron chi connectivity index (χ2n) is 1.96. The van der Waals surface area contributed by atoms with Crippen molar-refractivity contribution in [3.8, 4) is 11.8 Å². The second kappa shape index (κ2) is 3.27. The number of nitriles is 1. The van der Waals surface area contributed by atoms with Crippen LogP contribution >= 0.6 is 11.6 Å². The van der Waals surface area contributed by atoms with Crippen molar-refractivity contribution < 1.29 is 4.74 Å². The Kier molecular flexibility index (Phi) is 2.35. The number of hydrogen-bond donors (Lipinski definition) is 0. The summed E-state index contributed by atoms with van der Waals surface area (Å²) in [5.74, 6) is 0.661. The molecule has 0 fully saturated rings. The average Bonchev–Trinajstić information content (AvgIpc) is 2.04. The maximum absolute atomic E-state index is 8.51. The second-order valence-corrected chi connectivity index (χ2v) is 2.36. The van der Waals surface area contributed by atoms with E-state index in [2.05, 4.69) is 0 Å². The van der Waals surface area contributed by atoms with Crippen molar-refractivity contribution in [1.29, 1.82) is 5.26 Å². The molecule has 1 aromatic rings. The lowest BCUT2D eigenvalue weighted by Crippen LogP contribution is -1.83. The molecule has 0 spiro atoms. The zero-order valence-electron chi connectivity index (χ0n) is 5.97. The Bertz CT molecular complexity index is 303. The number of halogens is 1. The smallest absolute Gasteiger partial charge is 0.120 e. The SMILES string of the molecule is COc1ccc(C#N)c(Cl)c1. The van der Waals surface area contributed by atoms with Gasteiger partial charge in [-0.05, 0) is 12.1 Å². The van der Waals surface area contributed by atoms with Crippen LogP contribution in [0, 0.1) is 11.3 Å². The lowest BCUT2D eigenvalue weighted by molar-refractivity contribution is 0.415. The molecule has 3 heteroatoms. The summed E-state index contributed by atoms with van der Waals surface area (Å²) in [5, 5.41) is 8.93. The zero-order valence-corrected chi connectivity index (χ0v) is 6.72. The largest absolute Gasteiger partial charge is 0.497 e. The maximum atomic E-state index is 8.51. The molecule has 0 aliphatic carbocycles. The van der Waals surface area contributed by atoms with Crippen LogP contribution in [0.1, 0.15) is 5.56 Å². The van der Waals surface area contributed by atoms with Gasteiger partial charge in [0.15, 0.2) is 0 Å². The summed E-state index contributed by atoms with van der Waals surface area (Å²) >= 11 is 5.71. The standard InChI is InChI=1S/C8H6ClNO/c1-11-7-3-2-6(5-10)8(9)4-7/h2-4H,1H3. The summed E-state index contributed by atoms with van der Waals surface area (Å²) in [4.78, 5) is 0. The van der Waals surface area contributed by atoms with Gasteiger partial charge in [-0.1, -0.05) is 11.6 Å². The monoisotopic (exact) mass is 167 g/mol. The topological polar surface area (TPSA) is 33.0 Å². The van der Waals surface area contributed by atoms with Crippen LogP contribution in [-0.4, -0.2) is 7.11 Å². The van der Waals surface area contributed by atoms with Crippen LogP contribution in [0.15, 0.2) is 18.2 Å².